The first-order valence-electron chi connectivity index (χ1n) is 30.0. The van der Waals surface area contributed by atoms with Gasteiger partial charge >= 0.3 is 12.1 Å². The van der Waals surface area contributed by atoms with Gasteiger partial charge in [-0.3, -0.25) is 43.9 Å². The van der Waals surface area contributed by atoms with Gasteiger partial charge in [0.15, 0.2) is 0 Å². The van der Waals surface area contributed by atoms with Crippen LogP contribution in [0.4, 0.5) is 18.9 Å². The number of amides is 3. The third-order valence-electron chi connectivity index (χ3n) is 19.9. The minimum absolute atomic E-state index is 0.0313. The summed E-state index contributed by atoms with van der Waals surface area (Å²) in [5, 5.41) is 9.55. The summed E-state index contributed by atoms with van der Waals surface area (Å²) in [5.41, 5.74) is 5.77. The molecule has 10 heterocycles. The largest absolute Gasteiger partial charge is 0.464 e. The lowest BCUT2D eigenvalue weighted by molar-refractivity contribution is -0.171. The summed E-state index contributed by atoms with van der Waals surface area (Å²) in [7, 11) is 3.61. The molecule has 10 aliphatic rings. The van der Waals surface area contributed by atoms with Crippen LogP contribution in [0.25, 0.3) is 33.5 Å². The van der Waals surface area contributed by atoms with E-state index < -0.39 is 54.2 Å². The molecule has 3 saturated carbocycles. The molecule has 8 bridgehead atoms. The van der Waals surface area contributed by atoms with Gasteiger partial charge in [0, 0.05) is 104 Å². The molecule has 14 rings (SSSR count). The first kappa shape index (κ1) is 55.5. The molecule has 1 aromatic carbocycles. The number of carbonyl (C=O) groups excluding carboxylic acids is 4. The number of hydrogen-bond acceptors (Lipinski definition) is 15. The zero-order chi connectivity index (χ0) is 57.3. The number of likely N-dealkylation sites (N-methyl/N-ethyl adjacent to an activating group) is 1. The molecule has 442 valence electrons. The van der Waals surface area contributed by atoms with E-state index in [1.165, 1.54) is 35.3 Å². The highest BCUT2D eigenvalue weighted by Gasteiger charge is 2.59. The molecule has 6 saturated heterocycles. The second-order valence-electron chi connectivity index (χ2n) is 26.8. The number of nitrogens with one attached hydrogen (secondary N) is 2. The van der Waals surface area contributed by atoms with Gasteiger partial charge in [0.2, 0.25) is 23.5 Å². The molecular formula is C60H79F3N12O7. The summed E-state index contributed by atoms with van der Waals surface area (Å²) < 4.78 is 65.0. The Bertz CT molecular complexity index is 3140. The zero-order valence-electron chi connectivity index (χ0n) is 48.3. The highest BCUT2D eigenvalue weighted by molar-refractivity contribution is 5.96. The topological polar surface area (TPSA) is 187 Å². The molecule has 19 nitrogen and oxygen atoms in total. The van der Waals surface area contributed by atoms with Crippen molar-refractivity contribution >= 4 is 40.3 Å². The Kier molecular flexibility index (Phi) is 14.1. The number of methoxy groups -OCH3 is 1. The van der Waals surface area contributed by atoms with Crippen LogP contribution in [0.5, 0.6) is 0 Å². The van der Waals surface area contributed by atoms with Crippen LogP contribution >= 0.6 is 0 Å². The van der Waals surface area contributed by atoms with E-state index in [4.69, 9.17) is 24.0 Å². The van der Waals surface area contributed by atoms with Crippen LogP contribution in [0.1, 0.15) is 109 Å². The van der Waals surface area contributed by atoms with Crippen LogP contribution in [0, 0.1) is 28.6 Å². The van der Waals surface area contributed by atoms with Crippen molar-refractivity contribution in [1.82, 2.24) is 55.0 Å². The molecule has 1 spiro atoms. The molecule has 82 heavy (non-hydrogen) atoms. The number of nitrogens with zero attached hydrogens (tertiary/aromatic N) is 10. The van der Waals surface area contributed by atoms with Gasteiger partial charge in [0.25, 0.3) is 5.91 Å². The fourth-order valence-corrected chi connectivity index (χ4v) is 15.0. The highest BCUT2D eigenvalue weighted by atomic mass is 19.4. The van der Waals surface area contributed by atoms with Crippen molar-refractivity contribution in [3.8, 4) is 22.6 Å². The first-order chi connectivity index (χ1) is 39.1. The number of hydrogen-bond donors (Lipinski definition) is 2. The SMILES string of the molecule is CO[C@@H](C)c1ncc(N2CCN(C3CC3)CC2)cc1-c1c2c3cc(ccc3n1CC(F)(F)F)-c1noc(n1)C[C@H](NC(=O)[C@H](C(C)C)N1CC[C@]3(CCN(C(=O)[C@H]4[C@@H](C5CC5)N4C)C3)C1)C(=O)N1N[C@H](C(=O)OCC(C)(C)C2)C2CC1C2. The van der Waals surface area contributed by atoms with E-state index in [9.17, 15) is 14.4 Å². The molecular weight excluding hydrogens is 1060 g/mol. The number of esters is 1. The summed E-state index contributed by atoms with van der Waals surface area (Å²) in [6, 6.07) is 5.12. The maximum atomic E-state index is 15.2. The van der Waals surface area contributed by atoms with E-state index in [2.05, 4.69) is 42.5 Å². The Morgan fingerprint density at radius 2 is 1.71 bits per heavy atom. The smallest absolute Gasteiger partial charge is 0.406 e. The molecule has 8 atom stereocenters. The Balaban J connectivity index is 0.840. The van der Waals surface area contributed by atoms with E-state index in [1.807, 2.05) is 45.6 Å². The quantitative estimate of drug-likeness (QED) is 0.124. The number of cyclic esters (lactones) is 1. The van der Waals surface area contributed by atoms with Crippen LogP contribution in [-0.4, -0.2) is 190 Å². The number of anilines is 1. The zero-order valence-corrected chi connectivity index (χ0v) is 48.3. The van der Waals surface area contributed by atoms with E-state index in [-0.39, 0.29) is 72.3 Å². The standard InChI is InChI=1S/C60H79F3N12O7/c1-33(2)49(72-16-14-59(29-72)15-17-73(30-59)56(78)52-50(69(52)6)35-8-9-35)54(76)65-44-26-46-66-53(68-82-46)36-10-13-45-41(24-36)43(27-58(4,5)32-81-57(79)48-37-22-39(23-37)75(67-48)55(44)77)51(74(45)31-60(61,62)63)42-25-40(28-64-47(42)34(3)80-7)71-20-18-70(19-21-71)38-11-12-38/h10,13,24-25,28,33-35,37-39,44,48-50,52,67H,8-9,11-12,14-23,26-27,29-32H2,1-7H3,(H,65,76)/t34-,37?,39?,44-,48-,49-,50+,52+,59-,69?/m0/s1. The Morgan fingerprint density at radius 3 is 2.41 bits per heavy atom. The molecule has 1 unspecified atom stereocenters. The van der Waals surface area contributed by atoms with E-state index in [1.54, 1.807) is 31.5 Å². The molecule has 9 fully saturated rings. The van der Waals surface area contributed by atoms with Crippen LogP contribution in [0.3, 0.4) is 0 Å². The van der Waals surface area contributed by atoms with Gasteiger partial charge in [-0.15, -0.1) is 0 Å². The van der Waals surface area contributed by atoms with Crippen molar-refractivity contribution in [3.05, 3.63) is 47.6 Å². The third-order valence-corrected chi connectivity index (χ3v) is 19.9. The second-order valence-corrected chi connectivity index (χ2v) is 26.8. The third kappa shape index (κ3) is 10.5. The fraction of sp³-hybridized carbons (Fsp3) is 0.683. The molecule has 22 heteroatoms. The highest BCUT2D eigenvalue weighted by Crippen LogP contribution is 2.49. The average Bonchev–Trinajstić information content (AvgIpc) is 1.99. The van der Waals surface area contributed by atoms with Gasteiger partial charge < -0.3 is 33.7 Å². The lowest BCUT2D eigenvalue weighted by Crippen LogP contribution is -2.72. The summed E-state index contributed by atoms with van der Waals surface area (Å²) in [4.78, 5) is 79.3. The molecule has 4 aromatic rings. The number of carbonyl (C=O) groups is 4. The van der Waals surface area contributed by atoms with Crippen LogP contribution in [0.15, 0.2) is 35.0 Å². The number of pyridine rings is 1. The van der Waals surface area contributed by atoms with Gasteiger partial charge in [-0.2, -0.15) is 18.2 Å². The molecule has 3 aliphatic carbocycles. The van der Waals surface area contributed by atoms with Crippen molar-refractivity contribution in [1.29, 1.82) is 0 Å². The van der Waals surface area contributed by atoms with Gasteiger partial charge in [-0.05, 0) is 126 Å². The van der Waals surface area contributed by atoms with Crippen LogP contribution < -0.4 is 15.6 Å². The number of fused-ring (bicyclic) bond motifs is 4. The van der Waals surface area contributed by atoms with E-state index in [0.717, 1.165) is 44.7 Å². The normalized spacial score (nSPS) is 30.4. The number of benzene rings is 1. The summed E-state index contributed by atoms with van der Waals surface area (Å²) in [6.45, 7) is 14.3. The van der Waals surface area contributed by atoms with Gasteiger partial charge in [0.1, 0.15) is 24.7 Å². The van der Waals surface area contributed by atoms with Crippen molar-refractivity contribution < 1.29 is 46.3 Å². The lowest BCUT2D eigenvalue weighted by Gasteiger charge is -2.53. The van der Waals surface area contributed by atoms with Gasteiger partial charge in [0.05, 0.1) is 48.4 Å². The van der Waals surface area contributed by atoms with Crippen molar-refractivity contribution in [3.63, 3.8) is 0 Å². The Morgan fingerprint density at radius 1 is 0.951 bits per heavy atom. The van der Waals surface area contributed by atoms with Crippen molar-refractivity contribution in [2.24, 2.45) is 28.6 Å². The summed E-state index contributed by atoms with van der Waals surface area (Å²) >= 11 is 0. The maximum absolute atomic E-state index is 15.2. The molecule has 0 radical (unpaired) electrons. The number of hydrazine groups is 1. The molecule has 3 amide bonds. The van der Waals surface area contributed by atoms with Gasteiger partial charge in [-0.25, -0.2) is 5.43 Å². The van der Waals surface area contributed by atoms with Crippen molar-refractivity contribution in [2.75, 3.05) is 78.0 Å². The number of ether oxygens (including phenoxy) is 2. The summed E-state index contributed by atoms with van der Waals surface area (Å²) in [5.74, 6) is -0.512. The maximum Gasteiger partial charge on any atom is 0.406 e. The summed E-state index contributed by atoms with van der Waals surface area (Å²) in [6.07, 6.45) is 4.18. The number of piperazine rings is 1. The minimum Gasteiger partial charge on any atom is -0.464 e. The monoisotopic (exact) mass is 1140 g/mol. The Labute approximate surface area is 476 Å². The van der Waals surface area contributed by atoms with Crippen LogP contribution in [-0.2, 0) is 48.0 Å². The lowest BCUT2D eigenvalue weighted by atomic mass is 9.73. The number of halogens is 3. The second kappa shape index (κ2) is 20.8. The van der Waals surface area contributed by atoms with E-state index in [0.29, 0.717) is 96.0 Å². The number of rotatable bonds is 12. The fourth-order valence-electron chi connectivity index (χ4n) is 15.0. The van der Waals surface area contributed by atoms with Crippen LogP contribution in [0.2, 0.25) is 0 Å². The predicted molar refractivity (Wildman–Crippen MR) is 298 cm³/mol. The number of likely N-dealkylation sites (tertiary alicyclic amines) is 2. The predicted octanol–water partition coefficient (Wildman–Crippen LogP) is 6.00. The van der Waals surface area contributed by atoms with Gasteiger partial charge in [-0.1, -0.05) is 32.9 Å². The van der Waals surface area contributed by atoms with E-state index >= 15 is 18.0 Å². The Hall–Kier alpha value is -5.68. The molecule has 3 aromatic heterocycles. The molecule has 2 N–H and O–H groups in total. The average molecular weight is 1140 g/mol. The minimum atomic E-state index is -4.63. The van der Waals surface area contributed by atoms with Crippen molar-refractivity contribution in [2.45, 2.75) is 160 Å². The number of aromatic nitrogens is 4. The number of alkyl halides is 3. The molecule has 7 aliphatic heterocycles. The first-order valence-corrected chi connectivity index (χ1v) is 30.0.